The average Bonchev–Trinajstić information content (AvgIpc) is 3.61. The van der Waals surface area contributed by atoms with E-state index >= 15 is 0 Å². The molecule has 1 aliphatic carbocycles. The summed E-state index contributed by atoms with van der Waals surface area (Å²) >= 11 is 0. The summed E-state index contributed by atoms with van der Waals surface area (Å²) in [4.78, 5) is 39.3. The number of rotatable bonds is 7. The second-order valence-electron chi connectivity index (χ2n) is 7.35. The van der Waals surface area contributed by atoms with Crippen LogP contribution < -0.4 is 20.1 Å². The number of benzene rings is 2. The van der Waals surface area contributed by atoms with E-state index in [4.69, 9.17) is 9.47 Å². The van der Waals surface area contributed by atoms with Crippen LogP contribution >= 0.6 is 0 Å². The average molecular weight is 435 g/mol. The van der Waals surface area contributed by atoms with Gasteiger partial charge in [0.05, 0.1) is 25.4 Å². The number of methoxy groups -OCH3 is 2. The molecule has 0 bridgehead atoms. The number of amides is 2. The Hall–Kier alpha value is -4.14. The van der Waals surface area contributed by atoms with E-state index in [1.54, 1.807) is 48.7 Å². The van der Waals surface area contributed by atoms with E-state index in [-0.39, 0.29) is 5.91 Å². The maximum Gasteiger partial charge on any atom is 0.411 e. The summed E-state index contributed by atoms with van der Waals surface area (Å²) in [5, 5.41) is 6.02. The molecular formula is C23H21N3O6. The van der Waals surface area contributed by atoms with Crippen LogP contribution in [0, 0.1) is 5.41 Å². The number of anilines is 2. The SMILES string of the molecule is COC(=O)Nc1cc2c(Oc3ccc(NC(=O)C4(C=O)CC4)cc3)ccnc2cc1OC. The molecule has 9 heteroatoms. The van der Waals surface area contributed by atoms with Crippen LogP contribution in [0.25, 0.3) is 10.9 Å². The Morgan fingerprint density at radius 2 is 1.78 bits per heavy atom. The molecule has 164 valence electrons. The van der Waals surface area contributed by atoms with Crippen LogP contribution in [0.4, 0.5) is 16.2 Å². The molecule has 32 heavy (non-hydrogen) atoms. The standard InChI is InChI=1S/C23H21N3O6/c1-30-20-12-17-16(11-18(20)26-22(29)31-2)19(7-10-24-17)32-15-5-3-14(4-6-15)25-21(28)23(13-27)8-9-23/h3-7,10-13H,8-9H2,1-2H3,(H,25,28)(H,26,29). The Kier molecular flexibility index (Phi) is 5.63. The first-order chi connectivity index (χ1) is 15.5. The minimum atomic E-state index is -0.873. The molecule has 2 N–H and O–H groups in total. The molecule has 1 aromatic heterocycles. The van der Waals surface area contributed by atoms with Gasteiger partial charge < -0.3 is 24.3 Å². The molecule has 1 saturated carbocycles. The van der Waals surface area contributed by atoms with Gasteiger partial charge in [-0.15, -0.1) is 0 Å². The first-order valence-electron chi connectivity index (χ1n) is 9.85. The highest BCUT2D eigenvalue weighted by Gasteiger charge is 2.50. The smallest absolute Gasteiger partial charge is 0.411 e. The van der Waals surface area contributed by atoms with Crippen molar-refractivity contribution in [3.8, 4) is 17.2 Å². The van der Waals surface area contributed by atoms with Crippen molar-refractivity contribution in [2.45, 2.75) is 12.8 Å². The van der Waals surface area contributed by atoms with Crippen LogP contribution in [0.2, 0.25) is 0 Å². The lowest BCUT2D eigenvalue weighted by Gasteiger charge is -2.14. The normalized spacial score (nSPS) is 13.7. The second-order valence-corrected chi connectivity index (χ2v) is 7.35. The minimum absolute atomic E-state index is 0.291. The van der Waals surface area contributed by atoms with Gasteiger partial charge in [0.2, 0.25) is 5.91 Å². The molecule has 1 fully saturated rings. The van der Waals surface area contributed by atoms with Gasteiger partial charge >= 0.3 is 6.09 Å². The zero-order chi connectivity index (χ0) is 22.7. The number of ether oxygens (including phenoxy) is 3. The van der Waals surface area contributed by atoms with Crippen LogP contribution in [0.1, 0.15) is 12.8 Å². The highest BCUT2D eigenvalue weighted by Crippen LogP contribution is 2.44. The van der Waals surface area contributed by atoms with E-state index in [0.29, 0.717) is 58.7 Å². The number of hydrogen-bond donors (Lipinski definition) is 2. The molecule has 2 aromatic carbocycles. The zero-order valence-electron chi connectivity index (χ0n) is 17.5. The lowest BCUT2D eigenvalue weighted by Crippen LogP contribution is -2.25. The topological polar surface area (TPSA) is 116 Å². The maximum atomic E-state index is 12.2. The molecule has 2 amide bonds. The summed E-state index contributed by atoms with van der Waals surface area (Å²) in [5.74, 6) is 1.18. The lowest BCUT2D eigenvalue weighted by atomic mass is 10.1. The van der Waals surface area contributed by atoms with Crippen LogP contribution in [0.5, 0.6) is 17.2 Å². The molecular weight excluding hydrogens is 414 g/mol. The van der Waals surface area contributed by atoms with Crippen molar-refractivity contribution in [2.24, 2.45) is 5.41 Å². The number of fused-ring (bicyclic) bond motifs is 1. The summed E-state index contributed by atoms with van der Waals surface area (Å²) in [6.07, 6.45) is 2.85. The van der Waals surface area contributed by atoms with E-state index in [1.807, 2.05) is 0 Å². The number of pyridine rings is 1. The number of nitrogens with one attached hydrogen (secondary N) is 2. The molecule has 1 heterocycles. The molecule has 0 aliphatic heterocycles. The Balaban J connectivity index is 1.57. The molecule has 0 spiro atoms. The van der Waals surface area contributed by atoms with Crippen molar-refractivity contribution >= 4 is 40.6 Å². The van der Waals surface area contributed by atoms with E-state index < -0.39 is 11.5 Å². The Labute approximate surface area is 183 Å². The van der Waals surface area contributed by atoms with Gasteiger partial charge in [-0.25, -0.2) is 4.79 Å². The molecule has 0 radical (unpaired) electrons. The lowest BCUT2D eigenvalue weighted by molar-refractivity contribution is -0.126. The van der Waals surface area contributed by atoms with Gasteiger partial charge in [-0.3, -0.25) is 15.1 Å². The Morgan fingerprint density at radius 1 is 1.03 bits per heavy atom. The van der Waals surface area contributed by atoms with Crippen LogP contribution in [-0.2, 0) is 14.3 Å². The third-order valence-corrected chi connectivity index (χ3v) is 5.25. The number of aldehydes is 1. The van der Waals surface area contributed by atoms with Gasteiger partial charge in [0.1, 0.15) is 28.9 Å². The second kappa shape index (κ2) is 8.54. The van der Waals surface area contributed by atoms with Crippen molar-refractivity contribution in [1.82, 2.24) is 4.98 Å². The third kappa shape index (κ3) is 4.18. The molecule has 0 saturated heterocycles. The van der Waals surface area contributed by atoms with Crippen molar-refractivity contribution in [2.75, 3.05) is 24.9 Å². The largest absolute Gasteiger partial charge is 0.494 e. The molecule has 9 nitrogen and oxygen atoms in total. The minimum Gasteiger partial charge on any atom is -0.494 e. The van der Waals surface area contributed by atoms with Crippen LogP contribution in [-0.4, -0.2) is 37.5 Å². The van der Waals surface area contributed by atoms with Gasteiger partial charge in [0.25, 0.3) is 0 Å². The van der Waals surface area contributed by atoms with Gasteiger partial charge in [-0.1, -0.05) is 0 Å². The van der Waals surface area contributed by atoms with Crippen molar-refractivity contribution < 1.29 is 28.6 Å². The zero-order valence-corrected chi connectivity index (χ0v) is 17.5. The number of aromatic nitrogens is 1. The van der Waals surface area contributed by atoms with E-state index in [9.17, 15) is 14.4 Å². The summed E-state index contributed by atoms with van der Waals surface area (Å²) in [6.45, 7) is 0. The van der Waals surface area contributed by atoms with Crippen LogP contribution in [0.3, 0.4) is 0 Å². The predicted molar refractivity (Wildman–Crippen MR) is 117 cm³/mol. The number of hydrogen-bond acceptors (Lipinski definition) is 7. The molecule has 0 atom stereocenters. The van der Waals surface area contributed by atoms with Crippen LogP contribution in [0.15, 0.2) is 48.7 Å². The fourth-order valence-corrected chi connectivity index (χ4v) is 3.19. The molecule has 4 rings (SSSR count). The fraction of sp³-hybridized carbons (Fsp3) is 0.217. The number of carbonyl (C=O) groups excluding carboxylic acids is 3. The van der Waals surface area contributed by atoms with E-state index in [2.05, 4.69) is 20.4 Å². The van der Waals surface area contributed by atoms with Gasteiger partial charge in [0, 0.05) is 23.3 Å². The molecule has 0 unspecified atom stereocenters. The summed E-state index contributed by atoms with van der Waals surface area (Å²) in [7, 11) is 2.76. The highest BCUT2D eigenvalue weighted by molar-refractivity contribution is 6.07. The maximum absolute atomic E-state index is 12.2. The van der Waals surface area contributed by atoms with Crippen molar-refractivity contribution in [3.63, 3.8) is 0 Å². The summed E-state index contributed by atoms with van der Waals surface area (Å²) in [6, 6.07) is 11.9. The van der Waals surface area contributed by atoms with E-state index in [1.165, 1.54) is 14.2 Å². The highest BCUT2D eigenvalue weighted by atomic mass is 16.5. The van der Waals surface area contributed by atoms with E-state index in [0.717, 1.165) is 0 Å². The first kappa shape index (κ1) is 21.1. The van der Waals surface area contributed by atoms with Gasteiger partial charge in [-0.2, -0.15) is 0 Å². The quantitative estimate of drug-likeness (QED) is 0.423. The van der Waals surface area contributed by atoms with Crippen molar-refractivity contribution in [3.05, 3.63) is 48.7 Å². The predicted octanol–water partition coefficient (Wildman–Crippen LogP) is 4.13. The van der Waals surface area contributed by atoms with Gasteiger partial charge in [0.15, 0.2) is 0 Å². The third-order valence-electron chi connectivity index (χ3n) is 5.25. The first-order valence-corrected chi connectivity index (χ1v) is 9.85. The monoisotopic (exact) mass is 435 g/mol. The van der Waals surface area contributed by atoms with Crippen molar-refractivity contribution in [1.29, 1.82) is 0 Å². The molecule has 3 aromatic rings. The number of nitrogens with zero attached hydrogens (tertiary/aromatic N) is 1. The Bertz CT molecular complexity index is 1190. The fourth-order valence-electron chi connectivity index (χ4n) is 3.19. The Morgan fingerprint density at radius 3 is 2.41 bits per heavy atom. The number of carbonyl (C=O) groups is 3. The summed E-state index contributed by atoms with van der Waals surface area (Å²) in [5.41, 5.74) is 0.723. The molecule has 1 aliphatic rings. The van der Waals surface area contributed by atoms with Gasteiger partial charge in [-0.05, 0) is 49.2 Å². The summed E-state index contributed by atoms with van der Waals surface area (Å²) < 4.78 is 16.0.